The van der Waals surface area contributed by atoms with Gasteiger partial charge >= 0.3 is 5.97 Å². The first-order valence-electron chi connectivity index (χ1n) is 2.97. The van der Waals surface area contributed by atoms with Crippen molar-refractivity contribution in [3.05, 3.63) is 34.4 Å². The quantitative estimate of drug-likeness (QED) is 0.663. The second-order valence-electron chi connectivity index (χ2n) is 2.02. The van der Waals surface area contributed by atoms with Gasteiger partial charge in [-0.2, -0.15) is 0 Å². The highest BCUT2D eigenvalue weighted by Crippen LogP contribution is 1.91. The summed E-state index contributed by atoms with van der Waals surface area (Å²) in [6.07, 6.45) is 2.08. The van der Waals surface area contributed by atoms with Gasteiger partial charge in [-0.3, -0.25) is 9.59 Å². The van der Waals surface area contributed by atoms with Gasteiger partial charge in [-0.1, -0.05) is 0 Å². The molecule has 0 spiro atoms. The second-order valence-corrected chi connectivity index (χ2v) is 2.02. The largest absolute Gasteiger partial charge is 0.481 e. The molecule has 0 saturated carbocycles. The average Bonchev–Trinajstić information content (AvgIpc) is 1.93. The Hall–Kier alpha value is -1.58. The van der Waals surface area contributed by atoms with Crippen molar-refractivity contribution in [2.24, 2.45) is 0 Å². The molecule has 0 aliphatic carbocycles. The molecular formula is C7H6O4. The zero-order valence-electron chi connectivity index (χ0n) is 5.61. The summed E-state index contributed by atoms with van der Waals surface area (Å²) >= 11 is 0. The van der Waals surface area contributed by atoms with Crippen LogP contribution in [0.2, 0.25) is 0 Å². The molecule has 1 N–H and O–H groups in total. The first-order chi connectivity index (χ1) is 5.20. The number of carboxylic acids is 1. The summed E-state index contributed by atoms with van der Waals surface area (Å²) in [6, 6.07) is 1.19. The molecule has 0 radical (unpaired) electrons. The lowest BCUT2D eigenvalue weighted by molar-refractivity contribution is -0.136. The van der Waals surface area contributed by atoms with Crippen LogP contribution in [0.15, 0.2) is 27.8 Å². The van der Waals surface area contributed by atoms with Crippen LogP contribution >= 0.6 is 0 Å². The minimum absolute atomic E-state index is 0.167. The van der Waals surface area contributed by atoms with Gasteiger partial charge in [0.05, 0.1) is 18.9 Å². The van der Waals surface area contributed by atoms with E-state index >= 15 is 0 Å². The molecule has 0 aromatic carbocycles. The van der Waals surface area contributed by atoms with Crippen LogP contribution in [-0.2, 0) is 11.2 Å². The van der Waals surface area contributed by atoms with E-state index in [-0.39, 0.29) is 17.4 Å². The van der Waals surface area contributed by atoms with Crippen molar-refractivity contribution < 1.29 is 14.3 Å². The fraction of sp³-hybridized carbons (Fsp3) is 0.143. The smallest absolute Gasteiger partial charge is 0.308 e. The fourth-order valence-electron chi connectivity index (χ4n) is 0.679. The molecule has 1 aromatic rings. The van der Waals surface area contributed by atoms with Gasteiger partial charge in [0, 0.05) is 11.6 Å². The van der Waals surface area contributed by atoms with E-state index in [0.717, 1.165) is 6.26 Å². The third-order valence-corrected chi connectivity index (χ3v) is 1.17. The highest BCUT2D eigenvalue weighted by molar-refractivity contribution is 5.69. The van der Waals surface area contributed by atoms with Crippen molar-refractivity contribution in [2.75, 3.05) is 0 Å². The molecule has 0 amide bonds. The number of hydrogen-bond donors (Lipinski definition) is 1. The summed E-state index contributed by atoms with van der Waals surface area (Å²) in [6.45, 7) is 0. The first kappa shape index (κ1) is 7.53. The van der Waals surface area contributed by atoms with E-state index < -0.39 is 5.97 Å². The van der Waals surface area contributed by atoms with Crippen LogP contribution in [0.1, 0.15) is 5.56 Å². The van der Waals surface area contributed by atoms with Crippen LogP contribution < -0.4 is 5.43 Å². The van der Waals surface area contributed by atoms with E-state index in [4.69, 9.17) is 5.11 Å². The topological polar surface area (TPSA) is 67.5 Å². The number of carboxylic acid groups (broad SMARTS) is 1. The molecule has 4 nitrogen and oxygen atoms in total. The van der Waals surface area contributed by atoms with Gasteiger partial charge in [0.15, 0.2) is 5.43 Å². The minimum atomic E-state index is -1.04. The Bertz CT molecular complexity index is 312. The van der Waals surface area contributed by atoms with Gasteiger partial charge in [-0.15, -0.1) is 0 Å². The molecule has 1 heterocycles. The molecule has 0 aliphatic rings. The average molecular weight is 154 g/mol. The normalized spacial score (nSPS) is 9.45. The Morgan fingerprint density at radius 3 is 2.91 bits per heavy atom. The van der Waals surface area contributed by atoms with Gasteiger partial charge in [-0.25, -0.2) is 0 Å². The van der Waals surface area contributed by atoms with E-state index in [9.17, 15) is 9.59 Å². The van der Waals surface area contributed by atoms with Crippen molar-refractivity contribution in [3.8, 4) is 0 Å². The summed E-state index contributed by atoms with van der Waals surface area (Å²) in [4.78, 5) is 21.0. The van der Waals surface area contributed by atoms with Crippen LogP contribution in [0.5, 0.6) is 0 Å². The lowest BCUT2D eigenvalue weighted by Gasteiger charge is -1.91. The monoisotopic (exact) mass is 154 g/mol. The van der Waals surface area contributed by atoms with Crippen molar-refractivity contribution in [1.82, 2.24) is 0 Å². The van der Waals surface area contributed by atoms with Crippen LogP contribution in [-0.4, -0.2) is 11.1 Å². The molecule has 0 unspecified atom stereocenters. The Balaban J connectivity index is 2.95. The van der Waals surface area contributed by atoms with E-state index in [1.807, 2.05) is 0 Å². The summed E-state index contributed by atoms with van der Waals surface area (Å²) in [7, 11) is 0. The lowest BCUT2D eigenvalue weighted by atomic mass is 10.2. The van der Waals surface area contributed by atoms with Gasteiger partial charge < -0.3 is 9.52 Å². The van der Waals surface area contributed by atoms with E-state index in [0.29, 0.717) is 0 Å². The highest BCUT2D eigenvalue weighted by atomic mass is 16.4. The molecule has 0 saturated heterocycles. The van der Waals surface area contributed by atoms with E-state index in [1.165, 1.54) is 12.3 Å². The van der Waals surface area contributed by atoms with Gasteiger partial charge in [0.2, 0.25) is 0 Å². The molecule has 0 atom stereocenters. The number of rotatable bonds is 2. The number of aliphatic carboxylic acids is 1. The first-order valence-corrected chi connectivity index (χ1v) is 2.97. The molecule has 0 aliphatic heterocycles. The van der Waals surface area contributed by atoms with Crippen LogP contribution in [0, 0.1) is 0 Å². The summed E-state index contributed by atoms with van der Waals surface area (Å²) in [5.74, 6) is -1.04. The summed E-state index contributed by atoms with van der Waals surface area (Å²) in [5.41, 5.74) is -0.140. The molecular weight excluding hydrogens is 148 g/mol. The van der Waals surface area contributed by atoms with Crippen LogP contribution in [0.3, 0.4) is 0 Å². The van der Waals surface area contributed by atoms with Gasteiger partial charge in [-0.05, 0) is 0 Å². The Morgan fingerprint density at radius 2 is 2.36 bits per heavy atom. The Labute approximate surface area is 62.1 Å². The van der Waals surface area contributed by atoms with Gasteiger partial charge in [0.25, 0.3) is 0 Å². The van der Waals surface area contributed by atoms with Crippen LogP contribution in [0.25, 0.3) is 0 Å². The van der Waals surface area contributed by atoms with Gasteiger partial charge in [0.1, 0.15) is 0 Å². The SMILES string of the molecule is O=C(O)Cc1coccc1=O. The molecule has 4 heteroatoms. The van der Waals surface area contributed by atoms with Crippen molar-refractivity contribution in [1.29, 1.82) is 0 Å². The molecule has 0 bridgehead atoms. The Morgan fingerprint density at radius 1 is 1.64 bits per heavy atom. The van der Waals surface area contributed by atoms with Crippen LogP contribution in [0.4, 0.5) is 0 Å². The second kappa shape index (κ2) is 3.01. The third kappa shape index (κ3) is 1.93. The maximum Gasteiger partial charge on any atom is 0.308 e. The number of carbonyl (C=O) groups is 1. The predicted molar refractivity (Wildman–Crippen MR) is 36.3 cm³/mol. The zero-order valence-corrected chi connectivity index (χ0v) is 5.61. The summed E-state index contributed by atoms with van der Waals surface area (Å²) in [5, 5.41) is 8.31. The predicted octanol–water partition coefficient (Wildman–Crippen LogP) is 0.267. The molecule has 11 heavy (non-hydrogen) atoms. The fourth-order valence-corrected chi connectivity index (χ4v) is 0.679. The maximum atomic E-state index is 10.8. The van der Waals surface area contributed by atoms with Crippen molar-refractivity contribution >= 4 is 5.97 Å². The van der Waals surface area contributed by atoms with Crippen molar-refractivity contribution in [3.63, 3.8) is 0 Å². The summed E-state index contributed by atoms with van der Waals surface area (Å²) < 4.78 is 4.63. The van der Waals surface area contributed by atoms with E-state index in [1.54, 1.807) is 0 Å². The minimum Gasteiger partial charge on any atom is -0.481 e. The maximum absolute atomic E-state index is 10.8. The number of hydrogen-bond acceptors (Lipinski definition) is 3. The van der Waals surface area contributed by atoms with E-state index in [2.05, 4.69) is 4.42 Å². The lowest BCUT2D eigenvalue weighted by Crippen LogP contribution is -2.11. The molecule has 1 aromatic heterocycles. The zero-order chi connectivity index (χ0) is 8.27. The standard InChI is InChI=1S/C7H6O4/c8-6-1-2-11-4-5(6)3-7(9)10/h1-2,4H,3H2,(H,9,10). The van der Waals surface area contributed by atoms with Crippen molar-refractivity contribution in [2.45, 2.75) is 6.42 Å². The highest BCUT2D eigenvalue weighted by Gasteiger charge is 2.03. The molecule has 1 rings (SSSR count). The molecule has 0 fully saturated rings. The Kier molecular flexibility index (Phi) is 2.06. The third-order valence-electron chi connectivity index (χ3n) is 1.17. The molecule has 58 valence electrons.